The van der Waals surface area contributed by atoms with E-state index in [9.17, 15) is 0 Å². The summed E-state index contributed by atoms with van der Waals surface area (Å²) in [6.45, 7) is 1.95. The summed E-state index contributed by atoms with van der Waals surface area (Å²) in [6.07, 6.45) is 0. The van der Waals surface area contributed by atoms with Gasteiger partial charge in [-0.15, -0.1) is 0 Å². The highest BCUT2D eigenvalue weighted by Gasteiger charge is 2.00. The van der Waals surface area contributed by atoms with Crippen molar-refractivity contribution in [2.75, 3.05) is 7.05 Å². The van der Waals surface area contributed by atoms with Gasteiger partial charge in [-0.3, -0.25) is 5.43 Å². The van der Waals surface area contributed by atoms with Gasteiger partial charge in [0.1, 0.15) is 0 Å². The molecule has 0 aliphatic carbocycles. The zero-order chi connectivity index (χ0) is 14.4. The Kier molecular flexibility index (Phi) is 4.85. The first-order chi connectivity index (χ1) is 9.70. The van der Waals surface area contributed by atoms with Crippen LogP contribution in [-0.2, 0) is 0 Å². The van der Waals surface area contributed by atoms with Gasteiger partial charge in [0.2, 0.25) is 0 Å². The van der Waals surface area contributed by atoms with Gasteiger partial charge in [0.05, 0.1) is 5.71 Å². The highest BCUT2D eigenvalue weighted by atomic mass is 32.1. The Morgan fingerprint density at radius 3 is 2.15 bits per heavy atom. The van der Waals surface area contributed by atoms with Gasteiger partial charge in [-0.2, -0.15) is 5.10 Å². The van der Waals surface area contributed by atoms with E-state index >= 15 is 0 Å². The number of hydrogen-bond donors (Lipinski definition) is 2. The molecule has 2 aromatic rings. The Bertz CT molecular complexity index is 603. The van der Waals surface area contributed by atoms with Gasteiger partial charge in [0.15, 0.2) is 5.11 Å². The van der Waals surface area contributed by atoms with E-state index in [1.165, 1.54) is 11.1 Å². The zero-order valence-corrected chi connectivity index (χ0v) is 12.4. The minimum atomic E-state index is 0.505. The molecule has 0 spiro atoms. The van der Waals surface area contributed by atoms with E-state index in [0.717, 1.165) is 11.3 Å². The van der Waals surface area contributed by atoms with Crippen molar-refractivity contribution in [1.29, 1.82) is 0 Å². The molecule has 0 saturated carbocycles. The Hall–Kier alpha value is -2.20. The molecule has 2 aromatic carbocycles. The molecular weight excluding hydrogens is 266 g/mol. The first-order valence-corrected chi connectivity index (χ1v) is 6.79. The molecule has 0 saturated heterocycles. The largest absolute Gasteiger partial charge is 0.364 e. The quantitative estimate of drug-likeness (QED) is 0.516. The molecule has 20 heavy (non-hydrogen) atoms. The van der Waals surface area contributed by atoms with Crippen LogP contribution in [0.25, 0.3) is 11.1 Å². The molecule has 3 nitrogen and oxygen atoms in total. The van der Waals surface area contributed by atoms with Crippen molar-refractivity contribution in [3.8, 4) is 11.1 Å². The van der Waals surface area contributed by atoms with E-state index in [4.69, 9.17) is 12.2 Å². The van der Waals surface area contributed by atoms with E-state index in [0.29, 0.717) is 5.11 Å². The summed E-state index contributed by atoms with van der Waals surface area (Å²) in [4.78, 5) is 0. The van der Waals surface area contributed by atoms with Crippen LogP contribution in [0.5, 0.6) is 0 Å². The number of thiocarbonyl (C=S) groups is 1. The van der Waals surface area contributed by atoms with E-state index < -0.39 is 0 Å². The normalized spacial score (nSPS) is 11.0. The maximum atomic E-state index is 4.98. The molecule has 0 amide bonds. The molecule has 0 aliphatic rings. The molecule has 0 atom stereocenters. The lowest BCUT2D eigenvalue weighted by Gasteiger charge is -2.06. The summed E-state index contributed by atoms with van der Waals surface area (Å²) in [6, 6.07) is 18.6. The standard InChI is InChI=1S/C16H17N3S/c1-12(18-19-16(20)17-2)13-8-10-15(11-9-13)14-6-4-3-5-7-14/h3-11H,1-2H3,(H2,17,19,20)/b18-12-. The van der Waals surface area contributed by atoms with Crippen LogP contribution in [0.1, 0.15) is 12.5 Å². The van der Waals surface area contributed by atoms with Crippen LogP contribution in [0.15, 0.2) is 59.7 Å². The molecule has 0 bridgehead atoms. The smallest absolute Gasteiger partial charge is 0.186 e. The maximum Gasteiger partial charge on any atom is 0.186 e. The summed E-state index contributed by atoms with van der Waals surface area (Å²) >= 11 is 4.98. The number of nitrogens with zero attached hydrogens (tertiary/aromatic N) is 1. The van der Waals surface area contributed by atoms with Crippen molar-refractivity contribution in [1.82, 2.24) is 10.7 Å². The van der Waals surface area contributed by atoms with Crippen LogP contribution in [0.2, 0.25) is 0 Å². The van der Waals surface area contributed by atoms with Crippen molar-refractivity contribution in [2.45, 2.75) is 6.92 Å². The van der Waals surface area contributed by atoms with Gasteiger partial charge in [0.25, 0.3) is 0 Å². The van der Waals surface area contributed by atoms with Crippen LogP contribution in [0.4, 0.5) is 0 Å². The molecular formula is C16H17N3S. The number of hydrazone groups is 1. The first kappa shape index (κ1) is 14.2. The Morgan fingerprint density at radius 2 is 1.55 bits per heavy atom. The highest BCUT2D eigenvalue weighted by Crippen LogP contribution is 2.19. The minimum Gasteiger partial charge on any atom is -0.364 e. The van der Waals surface area contributed by atoms with Crippen LogP contribution >= 0.6 is 12.2 Å². The fourth-order valence-corrected chi connectivity index (χ4v) is 1.84. The summed E-state index contributed by atoms with van der Waals surface area (Å²) in [5, 5.41) is 7.55. The van der Waals surface area contributed by atoms with Crippen molar-refractivity contribution < 1.29 is 0 Å². The van der Waals surface area contributed by atoms with Gasteiger partial charge in [-0.1, -0.05) is 54.6 Å². The fourth-order valence-electron chi connectivity index (χ4n) is 1.79. The van der Waals surface area contributed by atoms with Crippen LogP contribution in [0, 0.1) is 0 Å². The topological polar surface area (TPSA) is 36.4 Å². The van der Waals surface area contributed by atoms with E-state index in [1.54, 1.807) is 7.05 Å². The molecule has 102 valence electrons. The van der Waals surface area contributed by atoms with Crippen LogP contribution in [-0.4, -0.2) is 17.9 Å². The van der Waals surface area contributed by atoms with Gasteiger partial charge in [0, 0.05) is 7.05 Å². The lowest BCUT2D eigenvalue weighted by atomic mass is 10.0. The molecule has 0 radical (unpaired) electrons. The number of rotatable bonds is 3. The van der Waals surface area contributed by atoms with Crippen LogP contribution in [0.3, 0.4) is 0 Å². The molecule has 0 aliphatic heterocycles. The summed E-state index contributed by atoms with van der Waals surface area (Å²) < 4.78 is 0. The summed E-state index contributed by atoms with van der Waals surface area (Å²) in [5.74, 6) is 0. The molecule has 2 rings (SSSR count). The Morgan fingerprint density at radius 1 is 0.950 bits per heavy atom. The van der Waals surface area contributed by atoms with E-state index in [1.807, 2.05) is 25.1 Å². The molecule has 0 heterocycles. The second kappa shape index (κ2) is 6.82. The van der Waals surface area contributed by atoms with Crippen molar-refractivity contribution in [3.05, 3.63) is 60.2 Å². The minimum absolute atomic E-state index is 0.505. The van der Waals surface area contributed by atoms with Crippen molar-refractivity contribution in [2.24, 2.45) is 5.10 Å². The van der Waals surface area contributed by atoms with Crippen LogP contribution < -0.4 is 10.7 Å². The Labute approximate surface area is 124 Å². The van der Waals surface area contributed by atoms with E-state index in [2.05, 4.69) is 52.2 Å². The van der Waals surface area contributed by atoms with Gasteiger partial charge >= 0.3 is 0 Å². The predicted octanol–water partition coefficient (Wildman–Crippen LogP) is 3.17. The zero-order valence-electron chi connectivity index (χ0n) is 11.6. The SMILES string of the molecule is CNC(=S)N/N=C(/C)c1ccc(-c2ccccc2)cc1. The second-order valence-corrected chi connectivity index (χ2v) is 4.74. The number of benzene rings is 2. The van der Waals surface area contributed by atoms with Gasteiger partial charge in [-0.05, 0) is 35.8 Å². The maximum absolute atomic E-state index is 4.98. The van der Waals surface area contributed by atoms with Crippen molar-refractivity contribution in [3.63, 3.8) is 0 Å². The highest BCUT2D eigenvalue weighted by molar-refractivity contribution is 7.80. The van der Waals surface area contributed by atoms with E-state index in [-0.39, 0.29) is 0 Å². The average molecular weight is 283 g/mol. The monoisotopic (exact) mass is 283 g/mol. The predicted molar refractivity (Wildman–Crippen MR) is 88.9 cm³/mol. The lowest BCUT2D eigenvalue weighted by Crippen LogP contribution is -2.29. The number of nitrogens with one attached hydrogen (secondary N) is 2. The third-order valence-electron chi connectivity index (χ3n) is 2.96. The molecule has 4 heteroatoms. The average Bonchev–Trinajstić information content (AvgIpc) is 2.53. The fraction of sp³-hybridized carbons (Fsp3) is 0.125. The molecule has 0 aromatic heterocycles. The van der Waals surface area contributed by atoms with Gasteiger partial charge < -0.3 is 5.32 Å². The Balaban J connectivity index is 2.14. The number of hydrogen-bond acceptors (Lipinski definition) is 2. The summed E-state index contributed by atoms with van der Waals surface area (Å²) in [7, 11) is 1.76. The second-order valence-electron chi connectivity index (χ2n) is 4.33. The lowest BCUT2D eigenvalue weighted by molar-refractivity contribution is 0.974. The summed E-state index contributed by atoms with van der Waals surface area (Å²) in [5.41, 5.74) is 7.15. The van der Waals surface area contributed by atoms with Gasteiger partial charge in [-0.25, -0.2) is 0 Å². The molecule has 2 N–H and O–H groups in total. The third-order valence-corrected chi connectivity index (χ3v) is 3.26. The third kappa shape index (κ3) is 3.65. The molecule has 0 fully saturated rings. The first-order valence-electron chi connectivity index (χ1n) is 6.38. The van der Waals surface area contributed by atoms with Crippen molar-refractivity contribution >= 4 is 23.0 Å². The molecule has 0 unspecified atom stereocenters.